The highest BCUT2D eigenvalue weighted by Gasteiger charge is 2.13. The summed E-state index contributed by atoms with van der Waals surface area (Å²) in [5.74, 6) is 1.11. The Hall–Kier alpha value is -2.43. The molecule has 1 heterocycles. The zero-order valence-electron chi connectivity index (χ0n) is 12.7. The zero-order chi connectivity index (χ0) is 17.1. The monoisotopic (exact) mass is 361 g/mol. The van der Waals surface area contributed by atoms with Crippen molar-refractivity contribution < 1.29 is 13.9 Å². The molecule has 0 bridgehead atoms. The first-order valence-electron chi connectivity index (χ1n) is 7.07. The van der Waals surface area contributed by atoms with Crippen LogP contribution in [0.3, 0.4) is 0 Å². The van der Waals surface area contributed by atoms with Crippen LogP contribution >= 0.6 is 23.2 Å². The molecule has 122 valence electrons. The lowest BCUT2D eigenvalue weighted by atomic mass is 10.2. The normalized spacial score (nSPS) is 10.5. The lowest BCUT2D eigenvalue weighted by molar-refractivity contribution is 0.0997. The van der Waals surface area contributed by atoms with Crippen LogP contribution in [-0.4, -0.2) is 13.0 Å². The van der Waals surface area contributed by atoms with Crippen LogP contribution in [0.4, 0.5) is 5.69 Å². The van der Waals surface area contributed by atoms with Gasteiger partial charge in [0.2, 0.25) is 0 Å². The van der Waals surface area contributed by atoms with Gasteiger partial charge in [-0.2, -0.15) is 0 Å². The Morgan fingerprint density at radius 1 is 1.00 bits per heavy atom. The van der Waals surface area contributed by atoms with Gasteiger partial charge < -0.3 is 14.5 Å². The smallest absolute Gasteiger partial charge is 0.291 e. The van der Waals surface area contributed by atoms with Crippen LogP contribution < -0.4 is 10.1 Å². The molecule has 0 saturated heterocycles. The number of hydrogen-bond acceptors (Lipinski definition) is 3. The fraction of sp³-hybridized carbons (Fsp3) is 0.0556. The van der Waals surface area contributed by atoms with Gasteiger partial charge >= 0.3 is 0 Å². The number of anilines is 1. The average molecular weight is 362 g/mol. The van der Waals surface area contributed by atoms with E-state index in [4.69, 9.17) is 32.4 Å². The number of nitrogens with one attached hydrogen (secondary N) is 1. The third-order valence-electron chi connectivity index (χ3n) is 3.38. The molecule has 4 nitrogen and oxygen atoms in total. The summed E-state index contributed by atoms with van der Waals surface area (Å²) < 4.78 is 10.7. The maximum absolute atomic E-state index is 12.3. The van der Waals surface area contributed by atoms with E-state index in [1.54, 1.807) is 61.7 Å². The van der Waals surface area contributed by atoms with Gasteiger partial charge in [0, 0.05) is 11.3 Å². The van der Waals surface area contributed by atoms with E-state index in [9.17, 15) is 4.79 Å². The molecule has 0 aliphatic rings. The lowest BCUT2D eigenvalue weighted by Crippen LogP contribution is -2.10. The second-order valence-corrected chi connectivity index (χ2v) is 5.79. The molecule has 1 aromatic heterocycles. The first-order chi connectivity index (χ1) is 11.6. The van der Waals surface area contributed by atoms with Crippen molar-refractivity contribution in [2.24, 2.45) is 0 Å². The van der Waals surface area contributed by atoms with Crippen molar-refractivity contribution in [3.05, 3.63) is 70.4 Å². The molecule has 0 fully saturated rings. The minimum atomic E-state index is -0.341. The van der Waals surface area contributed by atoms with E-state index in [0.29, 0.717) is 27.2 Å². The Bertz CT molecular complexity index is 872. The Morgan fingerprint density at radius 3 is 2.42 bits per heavy atom. The van der Waals surface area contributed by atoms with Gasteiger partial charge in [0.15, 0.2) is 5.76 Å². The molecule has 0 atom stereocenters. The second kappa shape index (κ2) is 6.99. The topological polar surface area (TPSA) is 51.5 Å². The van der Waals surface area contributed by atoms with Crippen molar-refractivity contribution in [3.8, 4) is 17.1 Å². The number of carbonyl (C=O) groups excluding carboxylic acids is 1. The summed E-state index contributed by atoms with van der Waals surface area (Å²) in [5, 5.41) is 3.65. The Balaban J connectivity index is 1.76. The highest BCUT2D eigenvalue weighted by atomic mass is 35.5. The molecule has 0 aliphatic carbocycles. The van der Waals surface area contributed by atoms with Crippen molar-refractivity contribution in [3.63, 3.8) is 0 Å². The van der Waals surface area contributed by atoms with Crippen LogP contribution in [0.15, 0.2) is 59.0 Å². The fourth-order valence-electron chi connectivity index (χ4n) is 2.13. The third kappa shape index (κ3) is 3.55. The number of methoxy groups -OCH3 is 1. The van der Waals surface area contributed by atoms with Crippen molar-refractivity contribution >= 4 is 34.8 Å². The molecule has 1 N–H and O–H groups in total. The third-order valence-corrected chi connectivity index (χ3v) is 4.12. The van der Waals surface area contributed by atoms with E-state index in [1.165, 1.54) is 0 Å². The van der Waals surface area contributed by atoms with Crippen LogP contribution in [-0.2, 0) is 0 Å². The minimum Gasteiger partial charge on any atom is -0.497 e. The number of carbonyl (C=O) groups is 1. The maximum Gasteiger partial charge on any atom is 0.291 e. The molecular formula is C18H13Cl2NO3. The van der Waals surface area contributed by atoms with E-state index >= 15 is 0 Å². The van der Waals surface area contributed by atoms with Crippen molar-refractivity contribution in [2.45, 2.75) is 0 Å². The van der Waals surface area contributed by atoms with Crippen molar-refractivity contribution in [1.82, 2.24) is 0 Å². The SMILES string of the molecule is COc1ccc(NC(=O)c2ccc(-c3ccc(Cl)c(Cl)c3)o2)cc1. The molecule has 0 radical (unpaired) electrons. The largest absolute Gasteiger partial charge is 0.497 e. The molecule has 6 heteroatoms. The summed E-state index contributed by atoms with van der Waals surface area (Å²) in [6.45, 7) is 0. The van der Waals surface area contributed by atoms with Crippen LogP contribution in [0.5, 0.6) is 5.75 Å². The van der Waals surface area contributed by atoms with Crippen LogP contribution in [0, 0.1) is 0 Å². The van der Waals surface area contributed by atoms with E-state index in [2.05, 4.69) is 5.32 Å². The van der Waals surface area contributed by atoms with Gasteiger partial charge in [-0.1, -0.05) is 23.2 Å². The van der Waals surface area contributed by atoms with E-state index in [0.717, 1.165) is 5.56 Å². The van der Waals surface area contributed by atoms with E-state index in [-0.39, 0.29) is 11.7 Å². The maximum atomic E-state index is 12.3. The molecule has 0 aliphatic heterocycles. The Labute approximate surface area is 149 Å². The molecule has 0 unspecified atom stereocenters. The highest BCUT2D eigenvalue weighted by molar-refractivity contribution is 6.42. The zero-order valence-corrected chi connectivity index (χ0v) is 14.2. The number of rotatable bonds is 4. The quantitative estimate of drug-likeness (QED) is 0.665. The number of benzene rings is 2. The van der Waals surface area contributed by atoms with Gasteiger partial charge in [0.05, 0.1) is 17.2 Å². The molecule has 1 amide bonds. The molecule has 3 rings (SSSR count). The fourth-order valence-corrected chi connectivity index (χ4v) is 2.43. The van der Waals surface area contributed by atoms with Crippen LogP contribution in [0.2, 0.25) is 10.0 Å². The molecule has 2 aromatic carbocycles. The molecular weight excluding hydrogens is 349 g/mol. The van der Waals surface area contributed by atoms with Gasteiger partial charge in [-0.05, 0) is 54.6 Å². The van der Waals surface area contributed by atoms with E-state index in [1.807, 2.05) is 0 Å². The number of halogens is 2. The summed E-state index contributed by atoms with van der Waals surface area (Å²) in [6, 6.07) is 15.5. The first-order valence-corrected chi connectivity index (χ1v) is 7.83. The first kappa shape index (κ1) is 16.4. The van der Waals surface area contributed by atoms with Gasteiger partial charge in [-0.25, -0.2) is 0 Å². The summed E-state index contributed by atoms with van der Waals surface area (Å²) in [7, 11) is 1.58. The number of amides is 1. The minimum absolute atomic E-state index is 0.201. The average Bonchev–Trinajstić information content (AvgIpc) is 3.08. The van der Waals surface area contributed by atoms with Gasteiger partial charge in [0.1, 0.15) is 11.5 Å². The highest BCUT2D eigenvalue weighted by Crippen LogP contribution is 2.29. The predicted molar refractivity (Wildman–Crippen MR) is 95.1 cm³/mol. The standard InChI is InChI=1S/C18H13Cl2NO3/c1-23-13-5-3-12(4-6-13)21-18(22)17-9-8-16(24-17)11-2-7-14(19)15(20)10-11/h2-10H,1H3,(H,21,22). The van der Waals surface area contributed by atoms with Crippen molar-refractivity contribution in [2.75, 3.05) is 12.4 Å². The number of hydrogen-bond donors (Lipinski definition) is 1. The van der Waals surface area contributed by atoms with E-state index < -0.39 is 0 Å². The molecule has 24 heavy (non-hydrogen) atoms. The Kier molecular flexibility index (Phi) is 4.79. The second-order valence-electron chi connectivity index (χ2n) is 4.98. The van der Waals surface area contributed by atoms with Crippen molar-refractivity contribution in [1.29, 1.82) is 0 Å². The molecule has 0 saturated carbocycles. The van der Waals surface area contributed by atoms with Gasteiger partial charge in [-0.3, -0.25) is 4.79 Å². The van der Waals surface area contributed by atoms with Gasteiger partial charge in [-0.15, -0.1) is 0 Å². The summed E-state index contributed by atoms with van der Waals surface area (Å²) >= 11 is 11.9. The lowest BCUT2D eigenvalue weighted by Gasteiger charge is -2.04. The summed E-state index contributed by atoms with van der Waals surface area (Å²) in [5.41, 5.74) is 1.39. The summed E-state index contributed by atoms with van der Waals surface area (Å²) in [4.78, 5) is 12.3. The van der Waals surface area contributed by atoms with Gasteiger partial charge in [0.25, 0.3) is 5.91 Å². The predicted octanol–water partition coefficient (Wildman–Crippen LogP) is 5.51. The summed E-state index contributed by atoms with van der Waals surface area (Å²) in [6.07, 6.45) is 0. The number of furan rings is 1. The molecule has 0 spiro atoms. The number of ether oxygens (including phenoxy) is 1. The Morgan fingerprint density at radius 2 is 1.75 bits per heavy atom. The van der Waals surface area contributed by atoms with Crippen LogP contribution in [0.25, 0.3) is 11.3 Å². The van der Waals surface area contributed by atoms with Crippen LogP contribution in [0.1, 0.15) is 10.6 Å². The molecule has 3 aromatic rings.